The summed E-state index contributed by atoms with van der Waals surface area (Å²) in [6.07, 6.45) is 1.54. The van der Waals surface area contributed by atoms with Gasteiger partial charge in [0.05, 0.1) is 6.21 Å². The normalized spacial score (nSPS) is 12.6. The summed E-state index contributed by atoms with van der Waals surface area (Å²) in [7, 11) is 0. The molecule has 3 N–H and O–H groups in total. The highest BCUT2D eigenvalue weighted by molar-refractivity contribution is 5.95. The monoisotopic (exact) mass is 283 g/mol. The molecule has 0 radical (unpaired) electrons. The number of hydrogen-bond acceptors (Lipinski definition) is 5. The van der Waals surface area contributed by atoms with Gasteiger partial charge in [-0.05, 0) is 48.0 Å². The molecule has 1 amide bonds. The van der Waals surface area contributed by atoms with Gasteiger partial charge < -0.3 is 15.2 Å². The van der Waals surface area contributed by atoms with E-state index >= 15 is 0 Å². The zero-order chi connectivity index (χ0) is 14.7. The highest BCUT2D eigenvalue weighted by Crippen LogP contribution is 2.31. The smallest absolute Gasteiger partial charge is 0.271 e. The Balaban J connectivity index is 1.64. The first kappa shape index (κ1) is 13.0. The van der Waals surface area contributed by atoms with Crippen LogP contribution in [-0.2, 0) is 0 Å². The third-order valence-corrected chi connectivity index (χ3v) is 2.95. The van der Waals surface area contributed by atoms with Gasteiger partial charge in [0, 0.05) is 11.3 Å². The summed E-state index contributed by atoms with van der Waals surface area (Å²) in [6.45, 7) is 0.226. The summed E-state index contributed by atoms with van der Waals surface area (Å²) < 4.78 is 10.5. The molecule has 0 aromatic heterocycles. The van der Waals surface area contributed by atoms with Crippen LogP contribution in [-0.4, -0.2) is 18.9 Å². The number of fused-ring (bicyclic) bond motifs is 1. The first-order valence-corrected chi connectivity index (χ1v) is 6.31. The molecule has 0 saturated carbocycles. The Bertz CT molecular complexity index is 696. The molecule has 0 atom stereocenters. The summed E-state index contributed by atoms with van der Waals surface area (Å²) in [5.41, 5.74) is 9.92. The average molecular weight is 283 g/mol. The standard InChI is InChI=1S/C15H13N3O3/c16-12-4-2-11(3-5-12)15(19)18-17-8-10-1-6-13-14(7-10)21-9-20-13/h1-8H,9,16H2,(H,18,19). The Labute approximate surface area is 121 Å². The summed E-state index contributed by atoms with van der Waals surface area (Å²) in [4.78, 5) is 11.8. The SMILES string of the molecule is Nc1ccc(C(=O)NN=Cc2ccc3c(c2)OCO3)cc1. The van der Waals surface area contributed by atoms with Gasteiger partial charge in [-0.1, -0.05) is 0 Å². The van der Waals surface area contributed by atoms with Gasteiger partial charge in [0.25, 0.3) is 5.91 Å². The number of nitrogens with zero attached hydrogens (tertiary/aromatic N) is 1. The number of carbonyl (C=O) groups is 1. The van der Waals surface area contributed by atoms with Crippen molar-refractivity contribution in [3.63, 3.8) is 0 Å². The number of rotatable bonds is 3. The first-order chi connectivity index (χ1) is 10.2. The van der Waals surface area contributed by atoms with Crippen molar-refractivity contribution in [2.45, 2.75) is 0 Å². The Hall–Kier alpha value is -3.02. The van der Waals surface area contributed by atoms with Gasteiger partial charge in [-0.15, -0.1) is 0 Å². The quantitative estimate of drug-likeness (QED) is 0.510. The van der Waals surface area contributed by atoms with Crippen molar-refractivity contribution in [3.05, 3.63) is 53.6 Å². The number of nitrogens with two attached hydrogens (primary N) is 1. The van der Waals surface area contributed by atoms with E-state index in [1.165, 1.54) is 6.21 Å². The van der Waals surface area contributed by atoms with Crippen molar-refractivity contribution in [1.29, 1.82) is 0 Å². The third kappa shape index (κ3) is 2.94. The number of nitrogen functional groups attached to an aromatic ring is 1. The van der Waals surface area contributed by atoms with Crippen molar-refractivity contribution in [1.82, 2.24) is 5.43 Å². The Morgan fingerprint density at radius 2 is 1.90 bits per heavy atom. The van der Waals surface area contributed by atoms with E-state index in [9.17, 15) is 4.79 Å². The van der Waals surface area contributed by atoms with E-state index in [2.05, 4.69) is 10.5 Å². The molecular formula is C15H13N3O3. The number of carbonyl (C=O) groups excluding carboxylic acids is 1. The van der Waals surface area contributed by atoms with E-state index < -0.39 is 0 Å². The van der Waals surface area contributed by atoms with E-state index in [0.29, 0.717) is 22.7 Å². The van der Waals surface area contributed by atoms with Crippen LogP contribution in [0.5, 0.6) is 11.5 Å². The molecule has 0 unspecified atom stereocenters. The molecule has 6 nitrogen and oxygen atoms in total. The average Bonchev–Trinajstić information content (AvgIpc) is 2.95. The highest BCUT2D eigenvalue weighted by Gasteiger charge is 2.12. The Morgan fingerprint density at radius 3 is 2.71 bits per heavy atom. The molecule has 0 spiro atoms. The van der Waals surface area contributed by atoms with Gasteiger partial charge in [0.15, 0.2) is 11.5 Å². The fraction of sp³-hybridized carbons (Fsp3) is 0.0667. The number of hydrogen-bond donors (Lipinski definition) is 2. The van der Waals surface area contributed by atoms with E-state index in [1.807, 2.05) is 6.07 Å². The number of anilines is 1. The van der Waals surface area contributed by atoms with Crippen molar-refractivity contribution >= 4 is 17.8 Å². The number of nitrogens with one attached hydrogen (secondary N) is 1. The second-order valence-corrected chi connectivity index (χ2v) is 4.43. The molecule has 0 bridgehead atoms. The van der Waals surface area contributed by atoms with E-state index in [4.69, 9.17) is 15.2 Å². The van der Waals surface area contributed by atoms with E-state index in [1.54, 1.807) is 36.4 Å². The molecule has 2 aromatic rings. The van der Waals surface area contributed by atoms with Gasteiger partial charge in [-0.3, -0.25) is 4.79 Å². The molecule has 2 aromatic carbocycles. The number of ether oxygens (including phenoxy) is 2. The van der Waals surface area contributed by atoms with Crippen LogP contribution in [0.3, 0.4) is 0 Å². The van der Waals surface area contributed by atoms with Gasteiger partial charge >= 0.3 is 0 Å². The zero-order valence-corrected chi connectivity index (χ0v) is 11.1. The summed E-state index contributed by atoms with van der Waals surface area (Å²) in [6, 6.07) is 12.0. The molecular weight excluding hydrogens is 270 g/mol. The molecule has 0 fully saturated rings. The summed E-state index contributed by atoms with van der Waals surface area (Å²) >= 11 is 0. The second-order valence-electron chi connectivity index (χ2n) is 4.43. The lowest BCUT2D eigenvalue weighted by Crippen LogP contribution is -2.17. The lowest BCUT2D eigenvalue weighted by molar-refractivity contribution is 0.0955. The van der Waals surface area contributed by atoms with Crippen LogP contribution in [0.15, 0.2) is 47.6 Å². The van der Waals surface area contributed by atoms with Crippen LogP contribution in [0, 0.1) is 0 Å². The molecule has 1 aliphatic heterocycles. The molecule has 3 rings (SSSR count). The zero-order valence-electron chi connectivity index (χ0n) is 11.1. The van der Waals surface area contributed by atoms with Gasteiger partial charge in [-0.25, -0.2) is 5.43 Å². The van der Waals surface area contributed by atoms with Gasteiger partial charge in [0.2, 0.25) is 6.79 Å². The largest absolute Gasteiger partial charge is 0.454 e. The Morgan fingerprint density at radius 1 is 1.14 bits per heavy atom. The van der Waals surface area contributed by atoms with Crippen LogP contribution in [0.4, 0.5) is 5.69 Å². The number of benzene rings is 2. The van der Waals surface area contributed by atoms with Crippen molar-refractivity contribution in [2.75, 3.05) is 12.5 Å². The van der Waals surface area contributed by atoms with Gasteiger partial charge in [-0.2, -0.15) is 5.10 Å². The van der Waals surface area contributed by atoms with Crippen molar-refractivity contribution in [2.24, 2.45) is 5.10 Å². The van der Waals surface area contributed by atoms with Crippen LogP contribution < -0.4 is 20.6 Å². The first-order valence-electron chi connectivity index (χ1n) is 6.31. The van der Waals surface area contributed by atoms with Crippen LogP contribution in [0.1, 0.15) is 15.9 Å². The molecule has 0 aliphatic carbocycles. The maximum Gasteiger partial charge on any atom is 0.271 e. The fourth-order valence-corrected chi connectivity index (χ4v) is 1.86. The number of amides is 1. The summed E-state index contributed by atoms with van der Waals surface area (Å²) in [5, 5.41) is 3.91. The maximum atomic E-state index is 11.8. The fourth-order valence-electron chi connectivity index (χ4n) is 1.86. The molecule has 1 heterocycles. The van der Waals surface area contributed by atoms with Crippen LogP contribution >= 0.6 is 0 Å². The lowest BCUT2D eigenvalue weighted by Gasteiger charge is -2.00. The molecule has 0 saturated heterocycles. The third-order valence-electron chi connectivity index (χ3n) is 2.95. The van der Waals surface area contributed by atoms with Crippen LogP contribution in [0.2, 0.25) is 0 Å². The molecule has 6 heteroatoms. The molecule has 21 heavy (non-hydrogen) atoms. The second kappa shape index (κ2) is 5.54. The van der Waals surface area contributed by atoms with Gasteiger partial charge in [0.1, 0.15) is 0 Å². The van der Waals surface area contributed by atoms with Crippen molar-refractivity contribution < 1.29 is 14.3 Å². The number of hydrazone groups is 1. The minimum absolute atomic E-state index is 0.226. The maximum absolute atomic E-state index is 11.8. The minimum Gasteiger partial charge on any atom is -0.454 e. The van der Waals surface area contributed by atoms with Crippen molar-refractivity contribution in [3.8, 4) is 11.5 Å². The van der Waals surface area contributed by atoms with E-state index in [0.717, 1.165) is 5.56 Å². The van der Waals surface area contributed by atoms with Crippen LogP contribution in [0.25, 0.3) is 0 Å². The Kier molecular flexibility index (Phi) is 3.42. The topological polar surface area (TPSA) is 85.9 Å². The highest BCUT2D eigenvalue weighted by atomic mass is 16.7. The summed E-state index contributed by atoms with van der Waals surface area (Å²) in [5.74, 6) is 1.08. The molecule has 1 aliphatic rings. The lowest BCUT2D eigenvalue weighted by atomic mass is 10.2. The molecule has 106 valence electrons. The van der Waals surface area contributed by atoms with E-state index in [-0.39, 0.29) is 12.7 Å². The minimum atomic E-state index is -0.299. The predicted molar refractivity (Wildman–Crippen MR) is 78.5 cm³/mol. The predicted octanol–water partition coefficient (Wildman–Crippen LogP) is 1.76.